The lowest BCUT2D eigenvalue weighted by Gasteiger charge is -2.03. The smallest absolute Gasteiger partial charge is 0.435 e. The number of nitrogens with zero attached hydrogens (tertiary/aromatic N) is 3. The van der Waals surface area contributed by atoms with E-state index in [0.29, 0.717) is 17.1 Å². The maximum absolute atomic E-state index is 12.7. The second-order valence-electron chi connectivity index (χ2n) is 5.60. The number of halogens is 3. The molecule has 0 radical (unpaired) electrons. The molecule has 0 spiro atoms. The van der Waals surface area contributed by atoms with Crippen LogP contribution >= 0.6 is 0 Å². The second-order valence-corrected chi connectivity index (χ2v) is 5.60. The number of hydrogen-bond acceptors (Lipinski definition) is 4. The number of furan rings is 1. The maximum atomic E-state index is 12.7. The highest BCUT2D eigenvalue weighted by Gasteiger charge is 2.34. The molecule has 1 amide bonds. The molecule has 0 aliphatic heterocycles. The Morgan fingerprint density at radius 1 is 1.27 bits per heavy atom. The molecule has 9 heteroatoms. The zero-order chi connectivity index (χ0) is 18.7. The van der Waals surface area contributed by atoms with Crippen molar-refractivity contribution in [1.82, 2.24) is 20.1 Å². The zero-order valence-electron chi connectivity index (χ0n) is 13.7. The van der Waals surface area contributed by atoms with Crippen LogP contribution in [0.4, 0.5) is 13.2 Å². The molecular weight excluding hydrogens is 349 g/mol. The van der Waals surface area contributed by atoms with Crippen LogP contribution in [0.3, 0.4) is 0 Å². The average Bonchev–Trinajstić information content (AvgIpc) is 3.21. The van der Waals surface area contributed by atoms with Gasteiger partial charge in [-0.1, -0.05) is 6.07 Å². The van der Waals surface area contributed by atoms with E-state index in [1.165, 1.54) is 23.7 Å². The molecule has 1 N–H and O–H groups in total. The van der Waals surface area contributed by atoms with Gasteiger partial charge in [-0.15, -0.1) is 0 Å². The van der Waals surface area contributed by atoms with E-state index >= 15 is 0 Å². The highest BCUT2D eigenvalue weighted by atomic mass is 19.4. The van der Waals surface area contributed by atoms with Gasteiger partial charge in [-0.3, -0.25) is 14.5 Å². The summed E-state index contributed by atoms with van der Waals surface area (Å²) >= 11 is 0. The van der Waals surface area contributed by atoms with E-state index in [4.69, 9.17) is 4.42 Å². The summed E-state index contributed by atoms with van der Waals surface area (Å²) in [5.74, 6) is -0.0419. The van der Waals surface area contributed by atoms with Crippen LogP contribution in [0.5, 0.6) is 0 Å². The predicted molar refractivity (Wildman–Crippen MR) is 85.2 cm³/mol. The standard InChI is InChI=1S/C17H15F3N4O2/c1-11-8-15(17(18,19)20)23-24(11)10-13-5-6-14(26-13)16(25)22-9-12-4-2-3-7-21-12/h2-8H,9-10H2,1H3,(H,22,25). The van der Waals surface area contributed by atoms with Gasteiger partial charge >= 0.3 is 6.18 Å². The molecule has 0 aliphatic rings. The van der Waals surface area contributed by atoms with Crippen LogP contribution in [0.1, 0.15) is 33.4 Å². The molecule has 0 fully saturated rings. The molecule has 0 unspecified atom stereocenters. The number of pyridine rings is 1. The lowest BCUT2D eigenvalue weighted by molar-refractivity contribution is -0.141. The van der Waals surface area contributed by atoms with Gasteiger partial charge in [0.15, 0.2) is 11.5 Å². The first kappa shape index (κ1) is 17.7. The first-order valence-corrected chi connectivity index (χ1v) is 7.71. The summed E-state index contributed by atoms with van der Waals surface area (Å²) in [5, 5.41) is 6.19. The summed E-state index contributed by atoms with van der Waals surface area (Å²) in [6.45, 7) is 1.75. The SMILES string of the molecule is Cc1cc(C(F)(F)F)nn1Cc1ccc(C(=O)NCc2ccccn2)o1. The molecular formula is C17H15F3N4O2. The van der Waals surface area contributed by atoms with Crippen molar-refractivity contribution >= 4 is 5.91 Å². The molecule has 0 aliphatic carbocycles. The third kappa shape index (κ3) is 4.11. The van der Waals surface area contributed by atoms with E-state index in [0.717, 1.165) is 6.07 Å². The fraction of sp³-hybridized carbons (Fsp3) is 0.235. The Morgan fingerprint density at radius 3 is 2.73 bits per heavy atom. The van der Waals surface area contributed by atoms with Gasteiger partial charge in [0.2, 0.25) is 0 Å². The number of rotatable bonds is 5. The minimum Gasteiger partial charge on any atom is -0.454 e. The molecule has 0 saturated carbocycles. The van der Waals surface area contributed by atoms with Crippen molar-refractivity contribution in [2.45, 2.75) is 26.2 Å². The Bertz CT molecular complexity index is 900. The number of alkyl halides is 3. The first-order valence-electron chi connectivity index (χ1n) is 7.71. The summed E-state index contributed by atoms with van der Waals surface area (Å²) in [6.07, 6.45) is -2.89. The number of carbonyl (C=O) groups excluding carboxylic acids is 1. The fourth-order valence-corrected chi connectivity index (χ4v) is 2.30. The van der Waals surface area contributed by atoms with Crippen LogP contribution in [0.2, 0.25) is 0 Å². The molecule has 3 heterocycles. The molecule has 0 aromatic carbocycles. The van der Waals surface area contributed by atoms with Gasteiger partial charge in [-0.25, -0.2) is 0 Å². The minimum atomic E-state index is -4.50. The molecule has 136 valence electrons. The molecule has 0 atom stereocenters. The number of aromatic nitrogens is 3. The van der Waals surface area contributed by atoms with Gasteiger partial charge in [0, 0.05) is 11.9 Å². The van der Waals surface area contributed by atoms with E-state index in [-0.39, 0.29) is 18.8 Å². The average molecular weight is 364 g/mol. The van der Waals surface area contributed by atoms with E-state index < -0.39 is 17.8 Å². The number of carbonyl (C=O) groups is 1. The largest absolute Gasteiger partial charge is 0.454 e. The van der Waals surface area contributed by atoms with E-state index in [2.05, 4.69) is 15.4 Å². The normalized spacial score (nSPS) is 11.5. The zero-order valence-corrected chi connectivity index (χ0v) is 13.7. The van der Waals surface area contributed by atoms with Crippen molar-refractivity contribution in [2.75, 3.05) is 0 Å². The first-order chi connectivity index (χ1) is 12.3. The lowest BCUT2D eigenvalue weighted by Crippen LogP contribution is -2.22. The molecule has 3 rings (SSSR count). The quantitative estimate of drug-likeness (QED) is 0.755. The number of nitrogens with one attached hydrogen (secondary N) is 1. The van der Waals surface area contributed by atoms with Crippen molar-refractivity contribution in [3.05, 3.63) is 71.2 Å². The number of hydrogen-bond donors (Lipinski definition) is 1. The van der Waals surface area contributed by atoms with E-state index in [1.54, 1.807) is 24.4 Å². The summed E-state index contributed by atoms with van der Waals surface area (Å²) in [4.78, 5) is 16.2. The Kier molecular flexibility index (Phi) is 4.79. The maximum Gasteiger partial charge on any atom is 0.435 e. The molecule has 0 bridgehead atoms. The van der Waals surface area contributed by atoms with Crippen LogP contribution in [0.15, 0.2) is 47.0 Å². The third-order valence-electron chi connectivity index (χ3n) is 3.62. The van der Waals surface area contributed by atoms with Gasteiger partial charge in [0.25, 0.3) is 5.91 Å². The molecule has 3 aromatic rings. The van der Waals surface area contributed by atoms with Crippen LogP contribution in [0.25, 0.3) is 0 Å². The van der Waals surface area contributed by atoms with E-state index in [9.17, 15) is 18.0 Å². The number of amides is 1. The predicted octanol–water partition coefficient (Wildman–Crippen LogP) is 3.18. The van der Waals surface area contributed by atoms with Gasteiger partial charge in [-0.2, -0.15) is 18.3 Å². The van der Waals surface area contributed by atoms with Crippen molar-refractivity contribution in [3.8, 4) is 0 Å². The Morgan fingerprint density at radius 2 is 2.08 bits per heavy atom. The third-order valence-corrected chi connectivity index (χ3v) is 3.62. The van der Waals surface area contributed by atoms with Gasteiger partial charge in [-0.05, 0) is 37.3 Å². The topological polar surface area (TPSA) is 73.0 Å². The summed E-state index contributed by atoms with van der Waals surface area (Å²) in [7, 11) is 0. The summed E-state index contributed by atoms with van der Waals surface area (Å²) in [6, 6.07) is 9.30. The van der Waals surface area contributed by atoms with Crippen molar-refractivity contribution in [2.24, 2.45) is 0 Å². The fourth-order valence-electron chi connectivity index (χ4n) is 2.30. The molecule has 26 heavy (non-hydrogen) atoms. The van der Waals surface area contributed by atoms with Crippen molar-refractivity contribution < 1.29 is 22.4 Å². The summed E-state index contributed by atoms with van der Waals surface area (Å²) in [5.41, 5.74) is 0.0734. The Labute approximate surface area is 146 Å². The molecule has 0 saturated heterocycles. The molecule has 6 nitrogen and oxygen atoms in total. The number of aryl methyl sites for hydroxylation is 1. The van der Waals surface area contributed by atoms with Gasteiger partial charge in [0.1, 0.15) is 5.76 Å². The van der Waals surface area contributed by atoms with Crippen LogP contribution < -0.4 is 5.32 Å². The second kappa shape index (κ2) is 7.03. The van der Waals surface area contributed by atoms with Gasteiger partial charge < -0.3 is 9.73 Å². The highest BCUT2D eigenvalue weighted by Crippen LogP contribution is 2.28. The monoisotopic (exact) mass is 364 g/mol. The van der Waals surface area contributed by atoms with Crippen LogP contribution in [-0.2, 0) is 19.3 Å². The van der Waals surface area contributed by atoms with E-state index in [1.807, 2.05) is 0 Å². The Balaban J connectivity index is 1.64. The lowest BCUT2D eigenvalue weighted by atomic mass is 10.3. The van der Waals surface area contributed by atoms with Crippen LogP contribution in [0, 0.1) is 6.92 Å². The Hall–Kier alpha value is -3.10. The van der Waals surface area contributed by atoms with Gasteiger partial charge in [0.05, 0.1) is 18.8 Å². The molecule has 3 aromatic heterocycles. The highest BCUT2D eigenvalue weighted by molar-refractivity contribution is 5.91. The van der Waals surface area contributed by atoms with Crippen molar-refractivity contribution in [3.63, 3.8) is 0 Å². The van der Waals surface area contributed by atoms with Crippen LogP contribution in [-0.4, -0.2) is 20.7 Å². The summed E-state index contributed by atoms with van der Waals surface area (Å²) < 4.78 is 44.7. The van der Waals surface area contributed by atoms with Crippen molar-refractivity contribution in [1.29, 1.82) is 0 Å². The minimum absolute atomic E-state index is 0.00453.